The van der Waals surface area contributed by atoms with E-state index in [9.17, 15) is 9.59 Å². The first-order valence-corrected chi connectivity index (χ1v) is 10.7. The fourth-order valence-electron chi connectivity index (χ4n) is 3.32. The van der Waals surface area contributed by atoms with Crippen LogP contribution >= 0.6 is 11.3 Å². The number of thiophene rings is 1. The molecule has 1 unspecified atom stereocenters. The van der Waals surface area contributed by atoms with Gasteiger partial charge in [0.1, 0.15) is 0 Å². The molecule has 1 aliphatic heterocycles. The highest BCUT2D eigenvalue weighted by Crippen LogP contribution is 2.24. The van der Waals surface area contributed by atoms with Crippen LogP contribution < -0.4 is 0 Å². The summed E-state index contributed by atoms with van der Waals surface area (Å²) in [6, 6.07) is 11.7. The molecule has 0 saturated carbocycles. The van der Waals surface area contributed by atoms with Crippen LogP contribution in [0, 0.1) is 0 Å². The lowest BCUT2D eigenvalue weighted by atomic mass is 10.0. The lowest BCUT2D eigenvalue weighted by molar-refractivity contribution is -0.127. The average molecular weight is 397 g/mol. The highest BCUT2D eigenvalue weighted by Gasteiger charge is 2.28. The Hall–Kier alpha value is -2.24. The molecule has 1 saturated heterocycles. The molecule has 2 aromatic rings. The van der Waals surface area contributed by atoms with Crippen molar-refractivity contribution >= 4 is 29.1 Å². The Morgan fingerprint density at radius 2 is 1.71 bits per heavy atom. The molecule has 2 heterocycles. The van der Waals surface area contributed by atoms with Crippen molar-refractivity contribution in [1.82, 2.24) is 9.80 Å². The minimum absolute atomic E-state index is 0.0299. The molecule has 4 nitrogen and oxygen atoms in total. The van der Waals surface area contributed by atoms with Gasteiger partial charge < -0.3 is 4.90 Å². The zero-order valence-electron chi connectivity index (χ0n) is 16.8. The molecule has 1 atom stereocenters. The van der Waals surface area contributed by atoms with E-state index in [1.807, 2.05) is 54.3 Å². The van der Waals surface area contributed by atoms with Gasteiger partial charge in [-0.25, -0.2) is 0 Å². The van der Waals surface area contributed by atoms with Crippen molar-refractivity contribution in [2.45, 2.75) is 32.7 Å². The number of benzene rings is 1. The highest BCUT2D eigenvalue weighted by molar-refractivity contribution is 7.12. The van der Waals surface area contributed by atoms with Crippen molar-refractivity contribution in [2.75, 3.05) is 26.2 Å². The average Bonchev–Trinajstić information content (AvgIpc) is 3.22. The van der Waals surface area contributed by atoms with E-state index in [0.717, 1.165) is 23.5 Å². The number of nitrogens with zero attached hydrogens (tertiary/aromatic N) is 2. The van der Waals surface area contributed by atoms with Gasteiger partial charge in [0, 0.05) is 32.3 Å². The Morgan fingerprint density at radius 3 is 2.32 bits per heavy atom. The Labute approximate surface area is 171 Å². The third kappa shape index (κ3) is 4.97. The van der Waals surface area contributed by atoms with Crippen molar-refractivity contribution in [3.63, 3.8) is 0 Å². The second kappa shape index (κ2) is 9.30. The Bertz CT molecular complexity index is 833. The van der Waals surface area contributed by atoms with E-state index in [4.69, 9.17) is 0 Å². The summed E-state index contributed by atoms with van der Waals surface area (Å²) < 4.78 is 0. The van der Waals surface area contributed by atoms with Crippen LogP contribution in [0.3, 0.4) is 0 Å². The van der Waals surface area contributed by atoms with Gasteiger partial charge in [-0.2, -0.15) is 0 Å². The Morgan fingerprint density at radius 1 is 1.04 bits per heavy atom. The molecule has 1 aromatic carbocycles. The van der Waals surface area contributed by atoms with E-state index in [1.54, 1.807) is 6.08 Å². The SMILES string of the molecule is CC(C)c1csc(C(=O)C(C)N2CCN(C(=O)C=Cc3ccccc3)CC2)c1. The van der Waals surface area contributed by atoms with Crippen LogP contribution in [-0.2, 0) is 4.79 Å². The van der Waals surface area contributed by atoms with Crippen LogP contribution in [-0.4, -0.2) is 53.7 Å². The molecule has 0 bridgehead atoms. The third-order valence-corrected chi connectivity index (χ3v) is 6.26. The first-order chi connectivity index (χ1) is 13.5. The molecule has 0 radical (unpaired) electrons. The van der Waals surface area contributed by atoms with Gasteiger partial charge in [0.05, 0.1) is 10.9 Å². The van der Waals surface area contributed by atoms with E-state index in [0.29, 0.717) is 19.0 Å². The molecule has 148 valence electrons. The van der Waals surface area contributed by atoms with E-state index in [1.165, 1.54) is 16.9 Å². The maximum Gasteiger partial charge on any atom is 0.246 e. The second-order valence-corrected chi connectivity index (χ2v) is 8.46. The second-order valence-electron chi connectivity index (χ2n) is 7.54. The summed E-state index contributed by atoms with van der Waals surface area (Å²) in [7, 11) is 0. The third-order valence-electron chi connectivity index (χ3n) is 5.30. The van der Waals surface area contributed by atoms with Crippen molar-refractivity contribution < 1.29 is 9.59 Å². The monoisotopic (exact) mass is 396 g/mol. The van der Waals surface area contributed by atoms with Crippen molar-refractivity contribution in [1.29, 1.82) is 0 Å². The standard InChI is InChI=1S/C23H28N2O2S/c1-17(2)20-15-21(28-16-20)23(27)18(3)24-11-13-25(14-12-24)22(26)10-9-19-7-5-4-6-8-19/h4-10,15-18H,11-14H2,1-3H3. The first kappa shape index (κ1) is 20.5. The predicted octanol–water partition coefficient (Wildman–Crippen LogP) is 4.30. The van der Waals surface area contributed by atoms with Gasteiger partial charge in [0.15, 0.2) is 5.78 Å². The van der Waals surface area contributed by atoms with Crippen LogP contribution in [0.5, 0.6) is 0 Å². The van der Waals surface area contributed by atoms with Crippen LogP contribution in [0.15, 0.2) is 47.9 Å². The van der Waals surface area contributed by atoms with Gasteiger partial charge in [-0.05, 0) is 41.5 Å². The van der Waals surface area contributed by atoms with Crippen LogP contribution in [0.25, 0.3) is 6.08 Å². The van der Waals surface area contributed by atoms with Crippen LogP contribution in [0.1, 0.15) is 47.5 Å². The van der Waals surface area contributed by atoms with E-state index in [2.05, 4.69) is 24.1 Å². The lowest BCUT2D eigenvalue weighted by Crippen LogP contribution is -2.52. The Kier molecular flexibility index (Phi) is 6.81. The molecule has 0 N–H and O–H groups in total. The van der Waals surface area contributed by atoms with Crippen LogP contribution in [0.4, 0.5) is 0 Å². The van der Waals surface area contributed by atoms with Crippen LogP contribution in [0.2, 0.25) is 0 Å². The largest absolute Gasteiger partial charge is 0.337 e. The maximum atomic E-state index is 12.8. The van der Waals surface area contributed by atoms with Gasteiger partial charge in [-0.15, -0.1) is 11.3 Å². The fraction of sp³-hybridized carbons (Fsp3) is 0.391. The number of amides is 1. The number of carbonyl (C=O) groups is 2. The summed E-state index contributed by atoms with van der Waals surface area (Å²) in [5.41, 5.74) is 2.24. The fourth-order valence-corrected chi connectivity index (χ4v) is 4.42. The molecule has 1 aliphatic rings. The Balaban J connectivity index is 1.53. The summed E-state index contributed by atoms with van der Waals surface area (Å²) in [6.45, 7) is 9.00. The summed E-state index contributed by atoms with van der Waals surface area (Å²) in [5, 5.41) is 2.08. The minimum atomic E-state index is -0.157. The summed E-state index contributed by atoms with van der Waals surface area (Å²) in [5.74, 6) is 0.648. The van der Waals surface area contributed by atoms with Gasteiger partial charge in [-0.3, -0.25) is 14.5 Å². The summed E-state index contributed by atoms with van der Waals surface area (Å²) in [4.78, 5) is 30.1. The zero-order chi connectivity index (χ0) is 20.1. The van der Waals surface area contributed by atoms with E-state index < -0.39 is 0 Å². The molecule has 28 heavy (non-hydrogen) atoms. The molecule has 1 aromatic heterocycles. The number of rotatable bonds is 6. The summed E-state index contributed by atoms with van der Waals surface area (Å²) in [6.07, 6.45) is 3.49. The number of hydrogen-bond acceptors (Lipinski definition) is 4. The number of carbonyl (C=O) groups excluding carboxylic acids is 2. The number of ketones is 1. The van der Waals surface area contributed by atoms with Gasteiger partial charge in [0.2, 0.25) is 5.91 Å². The smallest absolute Gasteiger partial charge is 0.246 e. The molecular weight excluding hydrogens is 368 g/mol. The topological polar surface area (TPSA) is 40.6 Å². The molecule has 1 amide bonds. The summed E-state index contributed by atoms with van der Waals surface area (Å²) >= 11 is 1.54. The molecule has 3 rings (SSSR count). The number of Topliss-reactive ketones (excluding diaryl/α,β-unsaturated/α-hetero) is 1. The number of piperazine rings is 1. The van der Waals surface area contributed by atoms with E-state index in [-0.39, 0.29) is 17.7 Å². The minimum Gasteiger partial charge on any atom is -0.337 e. The van der Waals surface area contributed by atoms with Crippen molar-refractivity contribution in [3.8, 4) is 0 Å². The normalized spacial score (nSPS) is 16.6. The molecule has 0 aliphatic carbocycles. The first-order valence-electron chi connectivity index (χ1n) is 9.84. The van der Waals surface area contributed by atoms with Gasteiger partial charge in [0.25, 0.3) is 0 Å². The number of hydrogen-bond donors (Lipinski definition) is 0. The molecule has 5 heteroatoms. The quantitative estimate of drug-likeness (QED) is 0.540. The lowest BCUT2D eigenvalue weighted by Gasteiger charge is -2.37. The molecular formula is C23H28N2O2S. The van der Waals surface area contributed by atoms with E-state index >= 15 is 0 Å². The van der Waals surface area contributed by atoms with Crippen molar-refractivity contribution in [3.05, 3.63) is 63.9 Å². The molecule has 0 spiro atoms. The van der Waals surface area contributed by atoms with Crippen molar-refractivity contribution in [2.24, 2.45) is 0 Å². The van der Waals surface area contributed by atoms with Gasteiger partial charge in [-0.1, -0.05) is 44.2 Å². The zero-order valence-corrected chi connectivity index (χ0v) is 17.6. The molecule has 1 fully saturated rings. The van der Waals surface area contributed by atoms with Gasteiger partial charge >= 0.3 is 0 Å². The maximum absolute atomic E-state index is 12.8. The predicted molar refractivity (Wildman–Crippen MR) is 116 cm³/mol. The highest BCUT2D eigenvalue weighted by atomic mass is 32.1.